The summed E-state index contributed by atoms with van der Waals surface area (Å²) in [7, 11) is 1.49. The van der Waals surface area contributed by atoms with Crippen molar-refractivity contribution >= 4 is 23.8 Å². The van der Waals surface area contributed by atoms with Crippen LogP contribution in [0.25, 0.3) is 0 Å². The number of barbiturate groups is 1. The van der Waals surface area contributed by atoms with Crippen molar-refractivity contribution in [1.29, 1.82) is 0 Å². The second kappa shape index (κ2) is 4.04. The number of carbonyl (C=O) groups excluding carboxylic acids is 4. The van der Waals surface area contributed by atoms with Crippen LogP contribution in [0.1, 0.15) is 26.7 Å². The molecule has 1 aliphatic carbocycles. The molecule has 0 aromatic rings. The zero-order valence-corrected chi connectivity index (χ0v) is 11.2. The normalized spacial score (nSPS) is 21.4. The molecule has 19 heavy (non-hydrogen) atoms. The van der Waals surface area contributed by atoms with E-state index in [1.165, 1.54) is 7.05 Å². The van der Waals surface area contributed by atoms with Crippen LogP contribution in [0, 0.1) is 10.8 Å². The Morgan fingerprint density at radius 2 is 1.95 bits per heavy atom. The van der Waals surface area contributed by atoms with E-state index in [1.54, 1.807) is 13.8 Å². The molecule has 5 amide bonds. The molecule has 7 heteroatoms. The Hall–Kier alpha value is -1.92. The van der Waals surface area contributed by atoms with Crippen LogP contribution in [0.3, 0.4) is 0 Å². The van der Waals surface area contributed by atoms with Crippen LogP contribution in [0.4, 0.5) is 4.79 Å². The lowest BCUT2D eigenvalue weighted by atomic mass is 9.90. The minimum Gasteiger partial charge on any atom is -0.359 e. The average Bonchev–Trinajstić information content (AvgIpc) is 3.13. The third kappa shape index (κ3) is 1.98. The molecule has 0 aromatic carbocycles. The van der Waals surface area contributed by atoms with E-state index < -0.39 is 28.7 Å². The molecule has 2 aliphatic rings. The summed E-state index contributed by atoms with van der Waals surface area (Å²) in [5.74, 6) is -1.27. The van der Waals surface area contributed by atoms with Gasteiger partial charge in [-0.25, -0.2) is 4.79 Å². The lowest BCUT2D eigenvalue weighted by Crippen LogP contribution is -2.61. The van der Waals surface area contributed by atoms with Crippen molar-refractivity contribution in [3.8, 4) is 0 Å². The standard InChI is InChI=1S/C12H17N3O4/c1-11(2,7(16)13-3)6-15-9(18)12(4-5-12)8(17)14-10(15)19/h4-6H2,1-3H3,(H,13,16)(H,14,17,19). The molecule has 2 fully saturated rings. The van der Waals surface area contributed by atoms with Gasteiger partial charge in [-0.15, -0.1) is 0 Å². The van der Waals surface area contributed by atoms with Crippen LogP contribution in [0.15, 0.2) is 0 Å². The zero-order valence-electron chi connectivity index (χ0n) is 11.2. The van der Waals surface area contributed by atoms with Gasteiger partial charge in [0.05, 0.1) is 5.41 Å². The molecule has 1 saturated heterocycles. The van der Waals surface area contributed by atoms with E-state index in [-0.39, 0.29) is 12.5 Å². The maximum atomic E-state index is 12.2. The Labute approximate surface area is 110 Å². The van der Waals surface area contributed by atoms with Gasteiger partial charge in [-0.2, -0.15) is 0 Å². The minimum absolute atomic E-state index is 0.0492. The molecule has 1 spiro atoms. The fourth-order valence-electron chi connectivity index (χ4n) is 2.25. The van der Waals surface area contributed by atoms with Crippen molar-refractivity contribution in [2.45, 2.75) is 26.7 Å². The molecule has 104 valence electrons. The van der Waals surface area contributed by atoms with E-state index in [1.807, 2.05) is 0 Å². The first-order valence-electron chi connectivity index (χ1n) is 6.14. The van der Waals surface area contributed by atoms with E-state index in [0.717, 1.165) is 4.90 Å². The zero-order chi connectivity index (χ0) is 14.4. The first-order chi connectivity index (χ1) is 8.74. The highest BCUT2D eigenvalue weighted by molar-refractivity contribution is 6.21. The van der Waals surface area contributed by atoms with E-state index >= 15 is 0 Å². The molecule has 2 rings (SSSR count). The topological polar surface area (TPSA) is 95.6 Å². The molecule has 0 bridgehead atoms. The van der Waals surface area contributed by atoms with Crippen molar-refractivity contribution in [3.05, 3.63) is 0 Å². The summed E-state index contributed by atoms with van der Waals surface area (Å²) in [6.07, 6.45) is 0.920. The van der Waals surface area contributed by atoms with Crippen molar-refractivity contribution in [3.63, 3.8) is 0 Å². The number of imide groups is 2. The van der Waals surface area contributed by atoms with Crippen LogP contribution in [0.2, 0.25) is 0 Å². The molecule has 1 heterocycles. The fraction of sp³-hybridized carbons (Fsp3) is 0.667. The van der Waals surface area contributed by atoms with E-state index in [0.29, 0.717) is 12.8 Å². The Balaban J connectivity index is 2.20. The molecule has 7 nitrogen and oxygen atoms in total. The predicted molar refractivity (Wildman–Crippen MR) is 64.8 cm³/mol. The molecular weight excluding hydrogens is 250 g/mol. The number of hydrogen-bond donors (Lipinski definition) is 2. The number of hydrogen-bond acceptors (Lipinski definition) is 4. The molecular formula is C12H17N3O4. The summed E-state index contributed by atoms with van der Waals surface area (Å²) in [4.78, 5) is 48.3. The molecule has 0 radical (unpaired) electrons. The van der Waals surface area contributed by atoms with E-state index in [9.17, 15) is 19.2 Å². The maximum Gasteiger partial charge on any atom is 0.330 e. The number of carbonyl (C=O) groups is 4. The van der Waals surface area contributed by atoms with Crippen molar-refractivity contribution < 1.29 is 19.2 Å². The van der Waals surface area contributed by atoms with Gasteiger partial charge >= 0.3 is 6.03 Å². The Kier molecular flexibility index (Phi) is 2.87. The number of nitrogens with one attached hydrogen (secondary N) is 2. The predicted octanol–water partition coefficient (Wildman–Crippen LogP) is -0.383. The van der Waals surface area contributed by atoms with Gasteiger partial charge in [0.2, 0.25) is 17.7 Å². The van der Waals surface area contributed by atoms with Gasteiger partial charge in [-0.1, -0.05) is 0 Å². The van der Waals surface area contributed by atoms with Gasteiger partial charge < -0.3 is 5.32 Å². The minimum atomic E-state index is -1.06. The van der Waals surface area contributed by atoms with Crippen LogP contribution >= 0.6 is 0 Å². The lowest BCUT2D eigenvalue weighted by molar-refractivity contribution is -0.146. The Morgan fingerprint density at radius 3 is 2.42 bits per heavy atom. The van der Waals surface area contributed by atoms with Crippen molar-refractivity contribution in [2.24, 2.45) is 10.8 Å². The summed E-state index contributed by atoms with van der Waals surface area (Å²) in [6, 6.07) is -0.746. The van der Waals surface area contributed by atoms with Crippen molar-refractivity contribution in [1.82, 2.24) is 15.5 Å². The summed E-state index contributed by atoms with van der Waals surface area (Å²) in [6.45, 7) is 3.23. The van der Waals surface area contributed by atoms with Crippen LogP contribution in [0.5, 0.6) is 0 Å². The lowest BCUT2D eigenvalue weighted by Gasteiger charge is -2.35. The SMILES string of the molecule is CNC(=O)C(C)(C)CN1C(=O)NC(=O)C2(CC2)C1=O. The second-order valence-electron chi connectivity index (χ2n) is 5.70. The second-order valence-corrected chi connectivity index (χ2v) is 5.70. The highest BCUT2D eigenvalue weighted by Gasteiger charge is 2.62. The third-order valence-corrected chi connectivity index (χ3v) is 3.70. The van der Waals surface area contributed by atoms with Crippen molar-refractivity contribution in [2.75, 3.05) is 13.6 Å². The number of amides is 5. The quantitative estimate of drug-likeness (QED) is 0.681. The highest BCUT2D eigenvalue weighted by Crippen LogP contribution is 2.49. The molecule has 0 unspecified atom stereocenters. The number of nitrogens with zero attached hydrogens (tertiary/aromatic N) is 1. The molecule has 2 N–H and O–H groups in total. The summed E-state index contributed by atoms with van der Waals surface area (Å²) in [5.41, 5.74) is -1.97. The van der Waals surface area contributed by atoms with Crippen LogP contribution < -0.4 is 10.6 Å². The van der Waals surface area contributed by atoms with Gasteiger partial charge in [0.15, 0.2) is 0 Å². The van der Waals surface area contributed by atoms with Crippen LogP contribution in [-0.4, -0.2) is 42.2 Å². The summed E-state index contributed by atoms with van der Waals surface area (Å²) >= 11 is 0. The maximum absolute atomic E-state index is 12.2. The monoisotopic (exact) mass is 267 g/mol. The Bertz CT molecular complexity index is 479. The highest BCUT2D eigenvalue weighted by atomic mass is 16.2. The fourth-order valence-corrected chi connectivity index (χ4v) is 2.25. The Morgan fingerprint density at radius 1 is 1.37 bits per heavy atom. The summed E-state index contributed by atoms with van der Waals surface area (Å²) in [5, 5.41) is 4.68. The van der Waals surface area contributed by atoms with Gasteiger partial charge in [-0.3, -0.25) is 24.6 Å². The first kappa shape index (κ1) is 13.5. The van der Waals surface area contributed by atoms with E-state index in [2.05, 4.69) is 10.6 Å². The smallest absolute Gasteiger partial charge is 0.330 e. The number of rotatable bonds is 3. The molecule has 0 atom stereocenters. The first-order valence-corrected chi connectivity index (χ1v) is 6.14. The largest absolute Gasteiger partial charge is 0.359 e. The van der Waals surface area contributed by atoms with Gasteiger partial charge in [0, 0.05) is 13.6 Å². The van der Waals surface area contributed by atoms with Gasteiger partial charge in [-0.05, 0) is 26.7 Å². The number of urea groups is 1. The molecule has 0 aromatic heterocycles. The van der Waals surface area contributed by atoms with Crippen LogP contribution in [-0.2, 0) is 14.4 Å². The molecule has 1 aliphatic heterocycles. The summed E-state index contributed by atoms with van der Waals surface area (Å²) < 4.78 is 0. The van der Waals surface area contributed by atoms with Gasteiger partial charge in [0.25, 0.3) is 0 Å². The van der Waals surface area contributed by atoms with Gasteiger partial charge in [0.1, 0.15) is 5.41 Å². The molecule has 1 saturated carbocycles. The third-order valence-electron chi connectivity index (χ3n) is 3.70. The van der Waals surface area contributed by atoms with E-state index in [4.69, 9.17) is 0 Å². The average molecular weight is 267 g/mol.